The van der Waals surface area contributed by atoms with Crippen molar-refractivity contribution in [1.29, 1.82) is 0 Å². The van der Waals surface area contributed by atoms with E-state index in [1.165, 1.54) is 6.92 Å². The Morgan fingerprint density at radius 1 is 0.955 bits per heavy atom. The number of amides is 1. The quantitative estimate of drug-likeness (QED) is 0.241. The van der Waals surface area contributed by atoms with Crippen LogP contribution >= 0.6 is 0 Å². The van der Waals surface area contributed by atoms with Gasteiger partial charge in [-0.3, -0.25) is 9.59 Å². The molecule has 0 aromatic carbocycles. The van der Waals surface area contributed by atoms with E-state index in [0.717, 1.165) is 38.5 Å². The number of Topliss-reactive ketones (excluding diaryl/α,β-unsaturated/α-hetero) is 1. The molecule has 5 nitrogen and oxygen atoms in total. The summed E-state index contributed by atoms with van der Waals surface area (Å²) in [7, 11) is 0. The predicted molar refractivity (Wildman–Crippen MR) is 86.4 cm³/mol. The van der Waals surface area contributed by atoms with Crippen molar-refractivity contribution in [3.63, 3.8) is 0 Å². The third kappa shape index (κ3) is 9.32. The van der Waals surface area contributed by atoms with Crippen molar-refractivity contribution in [2.24, 2.45) is 0 Å². The summed E-state index contributed by atoms with van der Waals surface area (Å²) in [5.74, 6) is -1.13. The summed E-state index contributed by atoms with van der Waals surface area (Å²) >= 11 is 0. The smallest absolute Gasteiger partial charge is 0.333 e. The van der Waals surface area contributed by atoms with Gasteiger partial charge in [0.15, 0.2) is 0 Å². The number of carbonyl (C=O) groups excluding carboxylic acids is 3. The van der Waals surface area contributed by atoms with Gasteiger partial charge < -0.3 is 9.64 Å². The van der Waals surface area contributed by atoms with E-state index < -0.39 is 5.78 Å². The van der Waals surface area contributed by atoms with Gasteiger partial charge in [0, 0.05) is 25.6 Å². The molecular weight excluding hydrogens is 282 g/mol. The van der Waals surface area contributed by atoms with Crippen LogP contribution < -0.4 is 0 Å². The number of rotatable bonds is 12. The number of esters is 1. The lowest BCUT2D eigenvalue weighted by Crippen LogP contribution is -2.36. The van der Waals surface area contributed by atoms with E-state index >= 15 is 0 Å². The van der Waals surface area contributed by atoms with Crippen LogP contribution in [0.25, 0.3) is 0 Å². The molecule has 126 valence electrons. The molecule has 0 spiro atoms. The average molecular weight is 311 g/mol. The number of ether oxygens (including phenoxy) is 1. The van der Waals surface area contributed by atoms with Crippen LogP contribution in [0.15, 0.2) is 12.2 Å². The molecule has 0 unspecified atom stereocenters. The Morgan fingerprint density at radius 2 is 1.55 bits per heavy atom. The van der Waals surface area contributed by atoms with Crippen LogP contribution in [-0.4, -0.2) is 42.3 Å². The number of hydrogen-bond acceptors (Lipinski definition) is 4. The van der Waals surface area contributed by atoms with E-state index in [0.29, 0.717) is 25.3 Å². The zero-order chi connectivity index (χ0) is 17.0. The van der Waals surface area contributed by atoms with E-state index in [1.807, 2.05) is 0 Å². The van der Waals surface area contributed by atoms with Crippen LogP contribution in [0.3, 0.4) is 0 Å². The first-order chi connectivity index (χ1) is 10.4. The molecular formula is C17H29NO4. The molecule has 22 heavy (non-hydrogen) atoms. The van der Waals surface area contributed by atoms with Gasteiger partial charge in [-0.1, -0.05) is 26.3 Å². The lowest BCUT2D eigenvalue weighted by atomic mass is 10.2. The zero-order valence-electron chi connectivity index (χ0n) is 14.2. The number of ketones is 1. The molecule has 0 atom stereocenters. The molecule has 0 aliphatic carbocycles. The molecule has 0 aromatic heterocycles. The monoisotopic (exact) mass is 311 g/mol. The second-order valence-corrected chi connectivity index (χ2v) is 5.53. The number of unbranched alkanes of at least 4 members (excludes halogenated alkanes) is 4. The zero-order valence-corrected chi connectivity index (χ0v) is 14.2. The van der Waals surface area contributed by atoms with Crippen molar-refractivity contribution in [2.75, 3.05) is 19.7 Å². The minimum absolute atomic E-state index is 0.349. The van der Waals surface area contributed by atoms with Crippen molar-refractivity contribution in [3.8, 4) is 0 Å². The van der Waals surface area contributed by atoms with Gasteiger partial charge >= 0.3 is 5.97 Å². The Balaban J connectivity index is 3.84. The highest BCUT2D eigenvalue weighted by Gasteiger charge is 2.16. The van der Waals surface area contributed by atoms with Crippen LogP contribution in [0, 0.1) is 0 Å². The van der Waals surface area contributed by atoms with Gasteiger partial charge in [0.2, 0.25) is 5.78 Å². The maximum Gasteiger partial charge on any atom is 0.333 e. The Kier molecular flexibility index (Phi) is 11.1. The lowest BCUT2D eigenvalue weighted by molar-refractivity contribution is -0.143. The molecule has 0 saturated carbocycles. The van der Waals surface area contributed by atoms with Crippen LogP contribution in [0.2, 0.25) is 0 Å². The highest BCUT2D eigenvalue weighted by molar-refractivity contribution is 6.35. The second kappa shape index (κ2) is 12.0. The molecule has 0 aliphatic heterocycles. The van der Waals surface area contributed by atoms with Gasteiger partial charge in [-0.25, -0.2) is 4.79 Å². The van der Waals surface area contributed by atoms with Crippen LogP contribution in [0.5, 0.6) is 0 Å². The van der Waals surface area contributed by atoms with E-state index in [1.54, 1.807) is 11.8 Å². The van der Waals surface area contributed by atoms with Crippen molar-refractivity contribution < 1.29 is 19.1 Å². The summed E-state index contributed by atoms with van der Waals surface area (Å²) in [5.41, 5.74) is 0.411. The Hall–Kier alpha value is -1.65. The summed E-state index contributed by atoms with van der Waals surface area (Å²) in [6.07, 6.45) is 5.44. The first-order valence-corrected chi connectivity index (χ1v) is 8.02. The second-order valence-electron chi connectivity index (χ2n) is 5.53. The topological polar surface area (TPSA) is 63.7 Å². The minimum Gasteiger partial charge on any atom is -0.462 e. The molecule has 0 fully saturated rings. The summed E-state index contributed by atoms with van der Waals surface area (Å²) in [6.45, 7) is 10.2. The standard InChI is InChI=1S/C17H29NO4/c1-5-6-11-18(16(20)15(4)19)12-9-7-8-10-13-22-17(21)14(2)3/h2,5-13H2,1,3-4H3. The molecule has 0 N–H and O–H groups in total. The van der Waals surface area contributed by atoms with Gasteiger partial charge in [-0.2, -0.15) is 0 Å². The van der Waals surface area contributed by atoms with Crippen molar-refractivity contribution >= 4 is 17.7 Å². The fourth-order valence-electron chi connectivity index (χ4n) is 1.93. The molecule has 0 radical (unpaired) electrons. The van der Waals surface area contributed by atoms with Crippen molar-refractivity contribution in [1.82, 2.24) is 4.90 Å². The molecule has 1 amide bonds. The Labute approximate surface area is 133 Å². The molecule has 5 heteroatoms. The lowest BCUT2D eigenvalue weighted by Gasteiger charge is -2.21. The van der Waals surface area contributed by atoms with Gasteiger partial charge in [0.25, 0.3) is 5.91 Å². The number of hydrogen-bond donors (Lipinski definition) is 0. The van der Waals surface area contributed by atoms with Crippen molar-refractivity contribution in [3.05, 3.63) is 12.2 Å². The fourth-order valence-corrected chi connectivity index (χ4v) is 1.93. The molecule has 0 rings (SSSR count). The van der Waals surface area contributed by atoms with E-state index in [-0.39, 0.29) is 11.9 Å². The SMILES string of the molecule is C=C(C)C(=O)OCCCCCCN(CCCC)C(=O)C(C)=O. The maximum absolute atomic E-state index is 11.8. The molecule has 0 bridgehead atoms. The first kappa shape index (κ1) is 20.3. The summed E-state index contributed by atoms with van der Waals surface area (Å²) in [6, 6.07) is 0. The first-order valence-electron chi connectivity index (χ1n) is 8.02. The number of nitrogens with zero attached hydrogens (tertiary/aromatic N) is 1. The predicted octanol–water partition coefficient (Wildman–Crippen LogP) is 2.88. The third-order valence-electron chi connectivity index (χ3n) is 3.27. The van der Waals surface area contributed by atoms with E-state index in [2.05, 4.69) is 13.5 Å². The van der Waals surface area contributed by atoms with Crippen molar-refractivity contribution in [2.45, 2.75) is 59.3 Å². The highest BCUT2D eigenvalue weighted by atomic mass is 16.5. The molecule has 0 aromatic rings. The molecule has 0 heterocycles. The maximum atomic E-state index is 11.8. The number of carbonyl (C=O) groups is 3. The van der Waals surface area contributed by atoms with Gasteiger partial charge in [-0.15, -0.1) is 0 Å². The summed E-state index contributed by atoms with van der Waals surface area (Å²) in [4.78, 5) is 35.8. The Morgan fingerprint density at radius 3 is 2.09 bits per heavy atom. The third-order valence-corrected chi connectivity index (χ3v) is 3.27. The van der Waals surface area contributed by atoms with Gasteiger partial charge in [-0.05, 0) is 32.6 Å². The van der Waals surface area contributed by atoms with Gasteiger partial charge in [0.1, 0.15) is 0 Å². The van der Waals surface area contributed by atoms with E-state index in [9.17, 15) is 14.4 Å². The van der Waals surface area contributed by atoms with Crippen LogP contribution in [0.1, 0.15) is 59.3 Å². The fraction of sp³-hybridized carbons (Fsp3) is 0.706. The minimum atomic E-state index is -0.400. The molecule has 0 aliphatic rings. The summed E-state index contributed by atoms with van der Waals surface area (Å²) in [5, 5.41) is 0. The Bertz CT molecular complexity index is 390. The largest absolute Gasteiger partial charge is 0.462 e. The summed E-state index contributed by atoms with van der Waals surface area (Å²) < 4.78 is 5.01. The highest BCUT2D eigenvalue weighted by Crippen LogP contribution is 2.05. The van der Waals surface area contributed by atoms with Gasteiger partial charge in [0.05, 0.1) is 6.61 Å². The molecule has 0 saturated heterocycles. The van der Waals surface area contributed by atoms with Crippen LogP contribution in [-0.2, 0) is 19.1 Å². The van der Waals surface area contributed by atoms with Crippen LogP contribution in [0.4, 0.5) is 0 Å². The average Bonchev–Trinajstić information content (AvgIpc) is 2.47. The normalized spacial score (nSPS) is 10.1. The van der Waals surface area contributed by atoms with E-state index in [4.69, 9.17) is 4.74 Å².